The van der Waals surface area contributed by atoms with Crippen molar-refractivity contribution in [2.24, 2.45) is 10.6 Å². The molecule has 1 N–H and O–H groups in total. The van der Waals surface area contributed by atoms with Gasteiger partial charge in [0, 0.05) is 16.5 Å². The molecule has 0 radical (unpaired) electrons. The Morgan fingerprint density at radius 1 is 1.18 bits per heavy atom. The van der Waals surface area contributed by atoms with Crippen LogP contribution in [-0.4, -0.2) is 17.9 Å². The summed E-state index contributed by atoms with van der Waals surface area (Å²) in [6.07, 6.45) is -5.45. The molecule has 0 amide bonds. The van der Waals surface area contributed by atoms with Crippen molar-refractivity contribution < 1.29 is 27.6 Å². The van der Waals surface area contributed by atoms with Crippen LogP contribution in [0.5, 0.6) is 0 Å². The first-order valence-corrected chi connectivity index (χ1v) is 11.8. The fourth-order valence-electron chi connectivity index (χ4n) is 3.07. The molecule has 1 aliphatic rings. The minimum atomic E-state index is -4.83. The van der Waals surface area contributed by atoms with E-state index in [4.69, 9.17) is 44.5 Å². The molecule has 0 saturated heterocycles. The Kier molecular flexibility index (Phi) is 7.85. The monoisotopic (exact) mass is 600 g/mol. The van der Waals surface area contributed by atoms with Crippen LogP contribution in [0.3, 0.4) is 0 Å². The molecule has 0 spiro atoms. The molecule has 34 heavy (non-hydrogen) atoms. The Hall–Kier alpha value is -1.52. The normalized spacial score (nSPS) is 18.5. The van der Waals surface area contributed by atoms with Crippen LogP contribution < -0.4 is 5.48 Å². The summed E-state index contributed by atoms with van der Waals surface area (Å²) in [6.45, 7) is 5.23. The number of hydroxylamine groups is 1. The van der Waals surface area contributed by atoms with Crippen LogP contribution in [-0.2, 0) is 26.6 Å². The van der Waals surface area contributed by atoms with Gasteiger partial charge in [0.05, 0.1) is 32.7 Å². The van der Waals surface area contributed by atoms with Gasteiger partial charge in [0.15, 0.2) is 0 Å². The van der Waals surface area contributed by atoms with Crippen molar-refractivity contribution in [3.63, 3.8) is 0 Å². The number of hydrogen-bond donors (Lipinski definition) is 1. The van der Waals surface area contributed by atoms with Crippen molar-refractivity contribution in [2.75, 3.05) is 0 Å². The van der Waals surface area contributed by atoms with Crippen LogP contribution >= 0.6 is 50.7 Å². The number of hydrogen-bond acceptors (Lipinski definition) is 5. The second kappa shape index (κ2) is 9.85. The van der Waals surface area contributed by atoms with Gasteiger partial charge in [-0.25, -0.2) is 4.79 Å². The van der Waals surface area contributed by atoms with Gasteiger partial charge in [-0.1, -0.05) is 62.0 Å². The molecular weight excluding hydrogens is 584 g/mol. The largest absolute Gasteiger partial charge is 0.435 e. The maximum Gasteiger partial charge on any atom is 0.435 e. The number of carbonyl (C=O) groups is 1. The van der Waals surface area contributed by atoms with Crippen molar-refractivity contribution in [3.05, 3.63) is 66.6 Å². The van der Waals surface area contributed by atoms with E-state index in [9.17, 15) is 18.0 Å². The second-order valence-corrected chi connectivity index (χ2v) is 10.7. The zero-order chi connectivity index (χ0) is 25.5. The predicted octanol–water partition coefficient (Wildman–Crippen LogP) is 7.59. The average molecular weight is 603 g/mol. The van der Waals surface area contributed by atoms with Crippen LogP contribution in [0, 0.1) is 5.41 Å². The van der Waals surface area contributed by atoms with Gasteiger partial charge in [0.1, 0.15) is 0 Å². The van der Waals surface area contributed by atoms with Gasteiger partial charge >= 0.3 is 12.1 Å². The highest BCUT2D eigenvalue weighted by Crippen LogP contribution is 2.50. The first kappa shape index (κ1) is 27.1. The minimum absolute atomic E-state index is 0.0549. The van der Waals surface area contributed by atoms with Gasteiger partial charge in [0.25, 0.3) is 5.60 Å². The zero-order valence-corrected chi connectivity index (χ0v) is 22.0. The highest BCUT2D eigenvalue weighted by Gasteiger charge is 2.62. The Morgan fingerprint density at radius 2 is 1.79 bits per heavy atom. The Labute approximate surface area is 217 Å². The first-order chi connectivity index (χ1) is 15.7. The van der Waals surface area contributed by atoms with Crippen molar-refractivity contribution in [3.8, 4) is 0 Å². The van der Waals surface area contributed by atoms with Gasteiger partial charge in [-0.3, -0.25) is 0 Å². The third-order valence-corrected chi connectivity index (χ3v) is 7.03. The maximum absolute atomic E-state index is 14.3. The fraction of sp³-hybridized carbons (Fsp3) is 0.364. The van der Waals surface area contributed by atoms with Gasteiger partial charge in [0.2, 0.25) is 0 Å². The smallest absolute Gasteiger partial charge is 0.374 e. The van der Waals surface area contributed by atoms with Crippen LogP contribution in [0.15, 0.2) is 40.0 Å². The predicted molar refractivity (Wildman–Crippen MR) is 128 cm³/mol. The molecule has 0 aromatic heterocycles. The molecule has 0 fully saturated rings. The topological polar surface area (TPSA) is 59.9 Å². The minimum Gasteiger partial charge on any atom is -0.374 e. The summed E-state index contributed by atoms with van der Waals surface area (Å²) in [5, 5.41) is 3.43. The lowest BCUT2D eigenvalue weighted by molar-refractivity contribution is -0.275. The summed E-state index contributed by atoms with van der Waals surface area (Å²) in [6, 6.07) is 7.03. The van der Waals surface area contributed by atoms with E-state index in [0.29, 0.717) is 15.6 Å². The van der Waals surface area contributed by atoms with Crippen molar-refractivity contribution in [1.82, 2.24) is 5.48 Å². The highest BCUT2D eigenvalue weighted by molar-refractivity contribution is 9.10. The standard InChI is InChI=1S/C22H19BrCl3F3N2O3/c1-20(2,3)19(32)33-30-10-12-6-11(4-5-14(12)23)17-9-21(34-31-17,22(27,28)29)13-7-15(24)18(26)16(25)8-13/h4-8,30H,9-10H2,1-3H3. The van der Waals surface area contributed by atoms with Gasteiger partial charge in [-0.05, 0) is 56.2 Å². The van der Waals surface area contributed by atoms with Crippen molar-refractivity contribution in [1.29, 1.82) is 0 Å². The number of halogens is 7. The molecule has 0 saturated carbocycles. The molecule has 1 unspecified atom stereocenters. The Bertz CT molecular complexity index is 1130. The summed E-state index contributed by atoms with van der Waals surface area (Å²) in [7, 11) is 0. The molecule has 1 aliphatic heterocycles. The lowest BCUT2D eigenvalue weighted by Gasteiger charge is -2.30. The van der Waals surface area contributed by atoms with E-state index in [1.165, 1.54) is 0 Å². The number of nitrogens with one attached hydrogen (secondary N) is 1. The Balaban J connectivity index is 1.86. The lowest BCUT2D eigenvalue weighted by atomic mass is 9.86. The van der Waals surface area contributed by atoms with Gasteiger partial charge in [-0.15, -0.1) is 5.48 Å². The molecule has 5 nitrogen and oxygen atoms in total. The maximum atomic E-state index is 14.3. The molecule has 3 rings (SSSR count). The Morgan fingerprint density at radius 3 is 2.35 bits per heavy atom. The molecule has 1 atom stereocenters. The zero-order valence-electron chi connectivity index (χ0n) is 18.1. The average Bonchev–Trinajstić information content (AvgIpc) is 3.19. The number of oxime groups is 1. The molecule has 2 aromatic carbocycles. The van der Waals surface area contributed by atoms with E-state index in [1.54, 1.807) is 39.0 Å². The lowest BCUT2D eigenvalue weighted by Crippen LogP contribution is -2.42. The number of benzene rings is 2. The molecule has 2 aromatic rings. The quantitative estimate of drug-likeness (QED) is 0.283. The number of rotatable bonds is 5. The molecular formula is C22H19BrCl3F3N2O3. The van der Waals surface area contributed by atoms with E-state index in [2.05, 4.69) is 26.6 Å². The van der Waals surface area contributed by atoms with E-state index in [1.807, 2.05) is 0 Å². The molecule has 0 aliphatic carbocycles. The van der Waals surface area contributed by atoms with Gasteiger partial charge in [-0.2, -0.15) is 13.2 Å². The van der Waals surface area contributed by atoms with E-state index in [0.717, 1.165) is 12.1 Å². The van der Waals surface area contributed by atoms with E-state index in [-0.39, 0.29) is 32.9 Å². The summed E-state index contributed by atoms with van der Waals surface area (Å²) in [5.41, 5.74) is -0.117. The number of carbonyl (C=O) groups excluding carboxylic acids is 1. The highest BCUT2D eigenvalue weighted by atomic mass is 79.9. The first-order valence-electron chi connectivity index (χ1n) is 9.85. The molecule has 184 valence electrons. The number of nitrogens with zero attached hydrogens (tertiary/aromatic N) is 1. The van der Waals surface area contributed by atoms with Crippen LogP contribution in [0.2, 0.25) is 15.1 Å². The summed E-state index contributed by atoms with van der Waals surface area (Å²) in [4.78, 5) is 22.0. The summed E-state index contributed by atoms with van der Waals surface area (Å²) in [5.74, 6) is -0.455. The third-order valence-electron chi connectivity index (χ3n) is 5.05. The van der Waals surface area contributed by atoms with Crippen molar-refractivity contribution in [2.45, 2.75) is 45.5 Å². The fourth-order valence-corrected chi connectivity index (χ4v) is 4.05. The van der Waals surface area contributed by atoms with E-state index < -0.39 is 29.6 Å². The summed E-state index contributed by atoms with van der Waals surface area (Å²) < 4.78 is 43.4. The summed E-state index contributed by atoms with van der Waals surface area (Å²) >= 11 is 21.2. The second-order valence-electron chi connectivity index (χ2n) is 8.65. The SMILES string of the molecule is CC(C)(C)C(=O)ONCc1cc(C2=NOC(c3cc(Cl)c(Cl)c(Cl)c3)(C(F)(F)F)C2)ccc1Br. The molecule has 0 bridgehead atoms. The molecule has 1 heterocycles. The van der Waals surface area contributed by atoms with Gasteiger partial charge < -0.3 is 9.68 Å². The van der Waals surface area contributed by atoms with Crippen molar-refractivity contribution >= 4 is 62.4 Å². The number of alkyl halides is 3. The van der Waals surface area contributed by atoms with Crippen LogP contribution in [0.1, 0.15) is 43.9 Å². The van der Waals surface area contributed by atoms with Crippen LogP contribution in [0.4, 0.5) is 13.2 Å². The van der Waals surface area contributed by atoms with Crippen LogP contribution in [0.25, 0.3) is 0 Å². The van der Waals surface area contributed by atoms with E-state index >= 15 is 0 Å². The molecule has 12 heteroatoms. The third kappa shape index (κ3) is 5.49.